The minimum absolute atomic E-state index is 0.309. The third-order valence-corrected chi connectivity index (χ3v) is 3.66. The molecule has 1 aliphatic carbocycles. The zero-order valence-corrected chi connectivity index (χ0v) is 10.0. The molecule has 0 amide bonds. The van der Waals surface area contributed by atoms with Gasteiger partial charge in [-0.15, -0.1) is 0 Å². The molecule has 0 aromatic carbocycles. The highest BCUT2D eigenvalue weighted by Crippen LogP contribution is 2.24. The van der Waals surface area contributed by atoms with Crippen LogP contribution in [0.2, 0.25) is 0 Å². The summed E-state index contributed by atoms with van der Waals surface area (Å²) in [5, 5.41) is 3.69. The van der Waals surface area contributed by atoms with Gasteiger partial charge in [-0.1, -0.05) is 19.8 Å². The monoisotopic (exact) mass is 199 g/mol. The van der Waals surface area contributed by atoms with Gasteiger partial charge in [0.2, 0.25) is 0 Å². The Morgan fingerprint density at radius 3 is 2.43 bits per heavy atom. The summed E-state index contributed by atoms with van der Waals surface area (Å²) >= 11 is 0. The van der Waals surface area contributed by atoms with E-state index in [1.165, 1.54) is 25.7 Å². The minimum Gasteiger partial charge on any atom is -0.380 e. The number of nitrogens with one attached hydrogen (secondary N) is 1. The van der Waals surface area contributed by atoms with E-state index < -0.39 is 0 Å². The SMILES string of the molecule is COC(C)C(C)NC1CCCCC1C. The van der Waals surface area contributed by atoms with Gasteiger partial charge in [0.15, 0.2) is 0 Å². The van der Waals surface area contributed by atoms with Gasteiger partial charge in [-0.3, -0.25) is 0 Å². The van der Waals surface area contributed by atoms with Gasteiger partial charge in [0.05, 0.1) is 6.10 Å². The number of methoxy groups -OCH3 is 1. The Balaban J connectivity index is 2.34. The van der Waals surface area contributed by atoms with Crippen LogP contribution in [0.3, 0.4) is 0 Å². The summed E-state index contributed by atoms with van der Waals surface area (Å²) in [6.45, 7) is 6.71. The lowest BCUT2D eigenvalue weighted by atomic mass is 9.85. The number of hydrogen-bond donors (Lipinski definition) is 1. The molecule has 0 heterocycles. The Morgan fingerprint density at radius 1 is 1.21 bits per heavy atom. The van der Waals surface area contributed by atoms with Crippen LogP contribution in [0.15, 0.2) is 0 Å². The summed E-state index contributed by atoms with van der Waals surface area (Å²) in [5.74, 6) is 0.829. The predicted octanol–water partition coefficient (Wildman–Crippen LogP) is 2.58. The lowest BCUT2D eigenvalue weighted by Gasteiger charge is -2.33. The summed E-state index contributed by atoms with van der Waals surface area (Å²) in [6.07, 6.45) is 5.82. The van der Waals surface area contributed by atoms with Crippen molar-refractivity contribution in [1.29, 1.82) is 0 Å². The molecule has 0 spiro atoms. The van der Waals surface area contributed by atoms with Crippen molar-refractivity contribution in [2.24, 2.45) is 5.92 Å². The number of rotatable bonds is 4. The summed E-state index contributed by atoms with van der Waals surface area (Å²) in [4.78, 5) is 0. The molecular formula is C12H25NO. The van der Waals surface area contributed by atoms with E-state index >= 15 is 0 Å². The quantitative estimate of drug-likeness (QED) is 0.751. The molecule has 1 fully saturated rings. The van der Waals surface area contributed by atoms with Crippen LogP contribution < -0.4 is 5.32 Å². The Kier molecular flexibility index (Phi) is 4.90. The molecule has 1 rings (SSSR count). The molecule has 2 heteroatoms. The standard InChI is InChI=1S/C12H25NO/c1-9-7-5-6-8-12(9)13-10(2)11(3)14-4/h9-13H,5-8H2,1-4H3. The van der Waals surface area contributed by atoms with Gasteiger partial charge in [0.1, 0.15) is 0 Å². The second kappa shape index (κ2) is 5.72. The fourth-order valence-electron chi connectivity index (χ4n) is 2.24. The molecule has 4 unspecified atom stereocenters. The summed E-state index contributed by atoms with van der Waals surface area (Å²) in [5.41, 5.74) is 0. The molecule has 0 aromatic heterocycles. The van der Waals surface area contributed by atoms with Crippen LogP contribution in [-0.4, -0.2) is 25.3 Å². The first-order chi connectivity index (χ1) is 6.65. The van der Waals surface area contributed by atoms with E-state index in [-0.39, 0.29) is 0 Å². The van der Waals surface area contributed by atoms with Crippen molar-refractivity contribution in [3.05, 3.63) is 0 Å². The molecule has 0 saturated heterocycles. The third-order valence-electron chi connectivity index (χ3n) is 3.66. The summed E-state index contributed by atoms with van der Waals surface area (Å²) in [6, 6.07) is 1.17. The highest BCUT2D eigenvalue weighted by atomic mass is 16.5. The third kappa shape index (κ3) is 3.25. The Morgan fingerprint density at radius 2 is 1.86 bits per heavy atom. The number of hydrogen-bond acceptors (Lipinski definition) is 2. The highest BCUT2D eigenvalue weighted by Gasteiger charge is 2.23. The Bertz CT molecular complexity index is 160. The highest BCUT2D eigenvalue weighted by molar-refractivity contribution is 4.82. The van der Waals surface area contributed by atoms with Crippen LogP contribution in [-0.2, 0) is 4.74 Å². The maximum Gasteiger partial charge on any atom is 0.0693 e. The van der Waals surface area contributed by atoms with E-state index in [0.717, 1.165) is 5.92 Å². The molecule has 0 bridgehead atoms. The van der Waals surface area contributed by atoms with E-state index in [9.17, 15) is 0 Å². The van der Waals surface area contributed by atoms with Crippen LogP contribution in [0.1, 0.15) is 46.5 Å². The maximum atomic E-state index is 5.33. The van der Waals surface area contributed by atoms with Crippen molar-refractivity contribution >= 4 is 0 Å². The van der Waals surface area contributed by atoms with Crippen LogP contribution in [0.5, 0.6) is 0 Å². The number of ether oxygens (including phenoxy) is 1. The van der Waals surface area contributed by atoms with Crippen molar-refractivity contribution < 1.29 is 4.74 Å². The zero-order chi connectivity index (χ0) is 10.6. The second-order valence-electron chi connectivity index (χ2n) is 4.76. The Labute approximate surface area is 88.4 Å². The van der Waals surface area contributed by atoms with Gasteiger partial charge in [-0.25, -0.2) is 0 Å². The molecule has 1 saturated carbocycles. The van der Waals surface area contributed by atoms with Crippen molar-refractivity contribution in [2.75, 3.05) is 7.11 Å². The summed E-state index contributed by atoms with van der Waals surface area (Å²) < 4.78 is 5.33. The average Bonchev–Trinajstić information content (AvgIpc) is 2.20. The molecular weight excluding hydrogens is 174 g/mol. The van der Waals surface area contributed by atoms with E-state index in [2.05, 4.69) is 26.1 Å². The van der Waals surface area contributed by atoms with E-state index in [1.807, 2.05) is 0 Å². The Hall–Kier alpha value is -0.0800. The van der Waals surface area contributed by atoms with Crippen molar-refractivity contribution in [3.8, 4) is 0 Å². The maximum absolute atomic E-state index is 5.33. The normalized spacial score (nSPS) is 32.6. The van der Waals surface area contributed by atoms with E-state index in [0.29, 0.717) is 18.2 Å². The van der Waals surface area contributed by atoms with Gasteiger partial charge in [-0.05, 0) is 32.6 Å². The molecule has 0 radical (unpaired) electrons. The van der Waals surface area contributed by atoms with Crippen LogP contribution in [0.4, 0.5) is 0 Å². The molecule has 14 heavy (non-hydrogen) atoms. The van der Waals surface area contributed by atoms with Gasteiger partial charge in [-0.2, -0.15) is 0 Å². The van der Waals surface area contributed by atoms with Gasteiger partial charge in [0.25, 0.3) is 0 Å². The van der Waals surface area contributed by atoms with Crippen LogP contribution in [0.25, 0.3) is 0 Å². The molecule has 84 valence electrons. The van der Waals surface area contributed by atoms with E-state index in [4.69, 9.17) is 4.74 Å². The largest absolute Gasteiger partial charge is 0.380 e. The van der Waals surface area contributed by atoms with Crippen LogP contribution in [0, 0.1) is 5.92 Å². The van der Waals surface area contributed by atoms with E-state index in [1.54, 1.807) is 7.11 Å². The first-order valence-electron chi connectivity index (χ1n) is 5.94. The molecule has 1 aliphatic rings. The van der Waals surface area contributed by atoms with Crippen molar-refractivity contribution in [2.45, 2.75) is 64.6 Å². The van der Waals surface area contributed by atoms with Gasteiger partial charge in [0, 0.05) is 19.2 Å². The lowest BCUT2D eigenvalue weighted by molar-refractivity contribution is 0.0778. The molecule has 1 N–H and O–H groups in total. The summed E-state index contributed by atoms with van der Waals surface area (Å²) in [7, 11) is 1.78. The lowest BCUT2D eigenvalue weighted by Crippen LogP contribution is -2.47. The topological polar surface area (TPSA) is 21.3 Å². The van der Waals surface area contributed by atoms with Gasteiger partial charge < -0.3 is 10.1 Å². The molecule has 0 aromatic rings. The fourth-order valence-corrected chi connectivity index (χ4v) is 2.24. The van der Waals surface area contributed by atoms with Crippen molar-refractivity contribution in [1.82, 2.24) is 5.32 Å². The molecule has 2 nitrogen and oxygen atoms in total. The smallest absolute Gasteiger partial charge is 0.0693 e. The average molecular weight is 199 g/mol. The zero-order valence-electron chi connectivity index (χ0n) is 10.0. The molecule has 0 aliphatic heterocycles. The predicted molar refractivity (Wildman–Crippen MR) is 60.5 cm³/mol. The first kappa shape index (κ1) is 12.0. The van der Waals surface area contributed by atoms with Crippen LogP contribution >= 0.6 is 0 Å². The molecule has 4 atom stereocenters. The van der Waals surface area contributed by atoms with Crippen molar-refractivity contribution in [3.63, 3.8) is 0 Å². The minimum atomic E-state index is 0.309. The fraction of sp³-hybridized carbons (Fsp3) is 1.00. The second-order valence-corrected chi connectivity index (χ2v) is 4.76. The first-order valence-corrected chi connectivity index (χ1v) is 5.94. The van der Waals surface area contributed by atoms with Gasteiger partial charge >= 0.3 is 0 Å².